The molecule has 3 aromatic rings. The molecule has 3 rings (SSSR count). The molecule has 0 saturated heterocycles. The predicted octanol–water partition coefficient (Wildman–Crippen LogP) is 5.24. The van der Waals surface area contributed by atoms with Crippen LogP contribution in [0.2, 0.25) is 10.0 Å². The highest BCUT2D eigenvalue weighted by Gasteiger charge is 2.10. The van der Waals surface area contributed by atoms with Gasteiger partial charge in [0.25, 0.3) is 5.91 Å². The monoisotopic (exact) mass is 407 g/mol. The first-order chi connectivity index (χ1) is 12.0. The van der Waals surface area contributed by atoms with Gasteiger partial charge >= 0.3 is 0 Å². The van der Waals surface area contributed by atoms with Gasteiger partial charge in [-0.25, -0.2) is 4.98 Å². The van der Waals surface area contributed by atoms with Crippen LogP contribution in [0, 0.1) is 0 Å². The van der Waals surface area contributed by atoms with E-state index in [9.17, 15) is 4.79 Å². The fourth-order valence-corrected chi connectivity index (χ4v) is 3.29. The molecule has 0 aliphatic carbocycles. The van der Waals surface area contributed by atoms with Gasteiger partial charge in [-0.05, 0) is 36.5 Å². The zero-order valence-corrected chi connectivity index (χ0v) is 15.8. The van der Waals surface area contributed by atoms with Crippen LogP contribution in [0.25, 0.3) is 11.3 Å². The van der Waals surface area contributed by atoms with E-state index in [1.165, 1.54) is 11.3 Å². The van der Waals surface area contributed by atoms with Crippen molar-refractivity contribution in [1.29, 1.82) is 0 Å². The number of hydrogen-bond acceptors (Lipinski definition) is 4. The molecule has 4 nitrogen and oxygen atoms in total. The largest absolute Gasteiger partial charge is 0.308 e. The van der Waals surface area contributed by atoms with Crippen LogP contribution in [0.3, 0.4) is 0 Å². The van der Waals surface area contributed by atoms with E-state index < -0.39 is 0 Å². The third-order valence-electron chi connectivity index (χ3n) is 3.20. The van der Waals surface area contributed by atoms with E-state index in [0.717, 1.165) is 11.3 Å². The normalized spacial score (nSPS) is 10.3. The summed E-state index contributed by atoms with van der Waals surface area (Å²) in [6.07, 6.45) is 0. The molecule has 0 unspecified atom stereocenters. The summed E-state index contributed by atoms with van der Waals surface area (Å²) in [5.74, 6) is -0.278. The van der Waals surface area contributed by atoms with Gasteiger partial charge in [0.1, 0.15) is 0 Å². The average Bonchev–Trinajstić information content (AvgIpc) is 3.06. The molecule has 0 bridgehead atoms. The van der Waals surface area contributed by atoms with Gasteiger partial charge in [-0.15, -0.1) is 11.3 Å². The van der Waals surface area contributed by atoms with E-state index in [0.29, 0.717) is 20.7 Å². The minimum Gasteiger partial charge on any atom is -0.308 e. The van der Waals surface area contributed by atoms with Crippen molar-refractivity contribution >= 4 is 62.9 Å². The molecule has 0 radical (unpaired) electrons. The Morgan fingerprint density at radius 1 is 1.08 bits per heavy atom. The topological polar surface area (TPSA) is 54.0 Å². The zero-order chi connectivity index (χ0) is 17.8. The SMILES string of the molecule is O=C(NC(=S)Nc1nc(-c2ccc(Cl)c(Cl)c2)cs1)c1ccccc1. The Balaban J connectivity index is 1.65. The first-order valence-electron chi connectivity index (χ1n) is 7.11. The summed E-state index contributed by atoms with van der Waals surface area (Å²) in [4.78, 5) is 16.5. The Hall–Kier alpha value is -1.99. The van der Waals surface area contributed by atoms with Crippen molar-refractivity contribution in [2.24, 2.45) is 0 Å². The summed E-state index contributed by atoms with van der Waals surface area (Å²) in [6.45, 7) is 0. The van der Waals surface area contributed by atoms with Crippen molar-refractivity contribution in [2.45, 2.75) is 0 Å². The fraction of sp³-hybridized carbons (Fsp3) is 0. The summed E-state index contributed by atoms with van der Waals surface area (Å²) >= 11 is 18.5. The van der Waals surface area contributed by atoms with Crippen molar-refractivity contribution in [3.8, 4) is 11.3 Å². The molecular formula is C17H11Cl2N3OS2. The lowest BCUT2D eigenvalue weighted by Crippen LogP contribution is -2.34. The molecule has 126 valence electrons. The third kappa shape index (κ3) is 4.55. The van der Waals surface area contributed by atoms with E-state index in [1.807, 2.05) is 17.5 Å². The van der Waals surface area contributed by atoms with Gasteiger partial charge in [0.15, 0.2) is 10.2 Å². The maximum absolute atomic E-state index is 12.1. The molecular weight excluding hydrogens is 397 g/mol. The van der Waals surface area contributed by atoms with Gasteiger partial charge in [0.05, 0.1) is 15.7 Å². The summed E-state index contributed by atoms with van der Waals surface area (Å²) in [7, 11) is 0. The van der Waals surface area contributed by atoms with Crippen LogP contribution in [0.15, 0.2) is 53.9 Å². The Morgan fingerprint density at radius 2 is 1.84 bits per heavy atom. The van der Waals surface area contributed by atoms with Crippen LogP contribution >= 0.6 is 46.8 Å². The number of amides is 1. The summed E-state index contributed by atoms with van der Waals surface area (Å²) in [5.41, 5.74) is 2.11. The predicted molar refractivity (Wildman–Crippen MR) is 108 cm³/mol. The Labute approximate surface area is 163 Å². The van der Waals surface area contributed by atoms with Crippen LogP contribution in [-0.2, 0) is 0 Å². The number of nitrogens with one attached hydrogen (secondary N) is 2. The highest BCUT2D eigenvalue weighted by molar-refractivity contribution is 7.80. The lowest BCUT2D eigenvalue weighted by molar-refractivity contribution is 0.0977. The number of thiazole rings is 1. The number of anilines is 1. The number of thiocarbonyl (C=S) groups is 1. The van der Waals surface area contributed by atoms with Gasteiger partial charge in [0.2, 0.25) is 0 Å². The minimum absolute atomic E-state index is 0.184. The molecule has 2 aromatic carbocycles. The number of nitrogens with zero attached hydrogens (tertiary/aromatic N) is 1. The van der Waals surface area contributed by atoms with Crippen LogP contribution < -0.4 is 10.6 Å². The Morgan fingerprint density at radius 3 is 2.56 bits per heavy atom. The van der Waals surface area contributed by atoms with Gasteiger partial charge < -0.3 is 5.32 Å². The molecule has 0 spiro atoms. The number of rotatable bonds is 3. The van der Waals surface area contributed by atoms with Crippen molar-refractivity contribution in [3.63, 3.8) is 0 Å². The van der Waals surface area contributed by atoms with Crippen molar-refractivity contribution in [3.05, 3.63) is 69.5 Å². The van der Waals surface area contributed by atoms with Crippen molar-refractivity contribution in [1.82, 2.24) is 10.3 Å². The fourth-order valence-electron chi connectivity index (χ4n) is 2.01. The Kier molecular flexibility index (Phi) is 5.65. The molecule has 0 fully saturated rings. The molecule has 0 atom stereocenters. The molecule has 1 amide bonds. The number of hydrogen-bond donors (Lipinski definition) is 2. The summed E-state index contributed by atoms with van der Waals surface area (Å²) in [5, 5.41) is 9.10. The van der Waals surface area contributed by atoms with Gasteiger partial charge in [-0.1, -0.05) is 47.5 Å². The number of aromatic nitrogens is 1. The standard InChI is InChI=1S/C17H11Cl2N3OS2/c18-12-7-6-11(8-13(12)19)14-9-25-17(20-14)22-16(24)21-15(23)10-4-2-1-3-5-10/h1-9H,(H2,20,21,22,23,24). The summed E-state index contributed by atoms with van der Waals surface area (Å²) < 4.78 is 0. The lowest BCUT2D eigenvalue weighted by atomic mass is 10.2. The number of benzene rings is 2. The highest BCUT2D eigenvalue weighted by Crippen LogP contribution is 2.30. The van der Waals surface area contributed by atoms with Gasteiger partial charge in [-0.3, -0.25) is 10.1 Å². The van der Waals surface area contributed by atoms with Crippen LogP contribution in [0.5, 0.6) is 0 Å². The average molecular weight is 408 g/mol. The molecule has 0 saturated carbocycles. The third-order valence-corrected chi connectivity index (χ3v) is 4.90. The molecule has 25 heavy (non-hydrogen) atoms. The van der Waals surface area contributed by atoms with Crippen LogP contribution in [0.1, 0.15) is 10.4 Å². The molecule has 8 heteroatoms. The highest BCUT2D eigenvalue weighted by atomic mass is 35.5. The molecule has 0 aliphatic rings. The van der Waals surface area contributed by atoms with Crippen LogP contribution in [0.4, 0.5) is 5.13 Å². The lowest BCUT2D eigenvalue weighted by Gasteiger charge is -2.07. The van der Waals surface area contributed by atoms with E-state index in [4.69, 9.17) is 35.4 Å². The quantitative estimate of drug-likeness (QED) is 0.582. The van der Waals surface area contributed by atoms with Crippen molar-refractivity contribution in [2.75, 3.05) is 5.32 Å². The second-order valence-electron chi connectivity index (χ2n) is 4.94. The number of carbonyl (C=O) groups is 1. The van der Waals surface area contributed by atoms with Gasteiger partial charge in [-0.2, -0.15) is 0 Å². The molecule has 2 N–H and O–H groups in total. The minimum atomic E-state index is -0.278. The van der Waals surface area contributed by atoms with Gasteiger partial charge in [0, 0.05) is 16.5 Å². The van der Waals surface area contributed by atoms with Crippen molar-refractivity contribution < 1.29 is 4.79 Å². The summed E-state index contributed by atoms with van der Waals surface area (Å²) in [6, 6.07) is 14.1. The van der Waals surface area contributed by atoms with E-state index in [2.05, 4.69) is 15.6 Å². The zero-order valence-electron chi connectivity index (χ0n) is 12.6. The number of carbonyl (C=O) groups excluding carboxylic acids is 1. The second kappa shape index (κ2) is 7.93. The number of halogens is 2. The maximum Gasteiger partial charge on any atom is 0.257 e. The molecule has 0 aliphatic heterocycles. The second-order valence-corrected chi connectivity index (χ2v) is 7.02. The first kappa shape index (κ1) is 17.8. The first-order valence-corrected chi connectivity index (χ1v) is 9.15. The van der Waals surface area contributed by atoms with E-state index in [1.54, 1.807) is 36.4 Å². The molecule has 1 heterocycles. The smallest absolute Gasteiger partial charge is 0.257 e. The Bertz CT molecular complexity index is 929. The maximum atomic E-state index is 12.1. The van der Waals surface area contributed by atoms with E-state index in [-0.39, 0.29) is 11.0 Å². The van der Waals surface area contributed by atoms with Crippen LogP contribution in [-0.4, -0.2) is 16.0 Å². The molecule has 1 aromatic heterocycles. The van der Waals surface area contributed by atoms with E-state index >= 15 is 0 Å².